The van der Waals surface area contributed by atoms with E-state index in [1.165, 1.54) is 0 Å². The number of fused-ring (bicyclic) bond motifs is 1. The Bertz CT molecular complexity index is 1140. The summed E-state index contributed by atoms with van der Waals surface area (Å²) in [6.45, 7) is 1.62. The van der Waals surface area contributed by atoms with Gasteiger partial charge in [0.05, 0.1) is 37.0 Å². The number of hydrogen-bond donors (Lipinski definition) is 1. The second kappa shape index (κ2) is 8.07. The molecular formula is C20H15BrCl2N4OS. The highest BCUT2D eigenvalue weighted by Crippen LogP contribution is 2.38. The smallest absolute Gasteiger partial charge is 0.258 e. The minimum absolute atomic E-state index is 0.229. The molecule has 29 heavy (non-hydrogen) atoms. The lowest BCUT2D eigenvalue weighted by molar-refractivity contribution is 0.102. The lowest BCUT2D eigenvalue weighted by atomic mass is 10.1. The lowest BCUT2D eigenvalue weighted by Gasteiger charge is -2.22. The molecule has 0 atom stereocenters. The Kier molecular flexibility index (Phi) is 5.66. The Morgan fingerprint density at radius 1 is 1.17 bits per heavy atom. The highest BCUT2D eigenvalue weighted by molar-refractivity contribution is 9.10. The largest absolute Gasteiger partial charge is 0.350 e. The fourth-order valence-corrected chi connectivity index (χ4v) is 4.69. The minimum Gasteiger partial charge on any atom is -0.350 e. The maximum Gasteiger partial charge on any atom is 0.258 e. The summed E-state index contributed by atoms with van der Waals surface area (Å²) >= 11 is 21.5. The number of halogens is 3. The minimum atomic E-state index is -0.393. The van der Waals surface area contributed by atoms with Crippen molar-refractivity contribution < 1.29 is 4.79 Å². The maximum absolute atomic E-state index is 12.8. The van der Waals surface area contributed by atoms with Crippen molar-refractivity contribution in [1.29, 1.82) is 0 Å². The number of amides is 1. The molecule has 9 heteroatoms. The highest BCUT2D eigenvalue weighted by Gasteiger charge is 2.27. The fourth-order valence-electron chi connectivity index (χ4n) is 3.31. The summed E-state index contributed by atoms with van der Waals surface area (Å²) in [6.07, 6.45) is 1.72. The number of pyridine rings is 1. The summed E-state index contributed by atoms with van der Waals surface area (Å²) in [5.41, 5.74) is 2.37. The predicted octanol–water partition coefficient (Wildman–Crippen LogP) is 5.59. The number of benzene rings is 2. The average Bonchev–Trinajstić information content (AvgIpc) is 3.00. The van der Waals surface area contributed by atoms with Gasteiger partial charge in [0.25, 0.3) is 5.91 Å². The topological polar surface area (TPSA) is 48.5 Å². The van der Waals surface area contributed by atoms with E-state index in [4.69, 9.17) is 35.4 Å². The second-order valence-electron chi connectivity index (χ2n) is 6.56. The molecule has 5 nitrogen and oxygen atoms in total. The first kappa shape index (κ1) is 20.3. The van der Waals surface area contributed by atoms with Crippen LogP contribution < -0.4 is 10.2 Å². The van der Waals surface area contributed by atoms with Gasteiger partial charge in [0.15, 0.2) is 5.11 Å². The number of thiocarbonyl (C=S) groups is 1. The third-order valence-corrected chi connectivity index (χ3v) is 6.49. The van der Waals surface area contributed by atoms with Crippen molar-refractivity contribution in [1.82, 2.24) is 9.88 Å². The molecule has 3 aromatic rings. The maximum atomic E-state index is 12.8. The van der Waals surface area contributed by atoms with Crippen molar-refractivity contribution in [2.45, 2.75) is 0 Å². The molecule has 1 aromatic heterocycles. The van der Waals surface area contributed by atoms with Gasteiger partial charge >= 0.3 is 0 Å². The van der Waals surface area contributed by atoms with E-state index in [0.717, 1.165) is 33.7 Å². The van der Waals surface area contributed by atoms with Gasteiger partial charge in [-0.15, -0.1) is 0 Å². The predicted molar refractivity (Wildman–Crippen MR) is 126 cm³/mol. The van der Waals surface area contributed by atoms with Crippen molar-refractivity contribution in [3.63, 3.8) is 0 Å². The van der Waals surface area contributed by atoms with Gasteiger partial charge in [-0.25, -0.2) is 0 Å². The van der Waals surface area contributed by atoms with E-state index < -0.39 is 5.91 Å². The summed E-state index contributed by atoms with van der Waals surface area (Å²) < 4.78 is 0.834. The quantitative estimate of drug-likeness (QED) is 0.466. The Morgan fingerprint density at radius 3 is 2.52 bits per heavy atom. The van der Waals surface area contributed by atoms with Crippen LogP contribution in [0.1, 0.15) is 10.4 Å². The van der Waals surface area contributed by atoms with Gasteiger partial charge < -0.3 is 15.1 Å². The normalized spacial score (nSPS) is 14.0. The molecule has 2 heterocycles. The van der Waals surface area contributed by atoms with Crippen LogP contribution in [0.2, 0.25) is 10.0 Å². The van der Waals surface area contributed by atoms with E-state index in [0.29, 0.717) is 11.2 Å². The van der Waals surface area contributed by atoms with E-state index in [1.54, 1.807) is 30.5 Å². The molecule has 1 amide bonds. The lowest BCUT2D eigenvalue weighted by Crippen LogP contribution is -2.29. The first-order chi connectivity index (χ1) is 13.9. The van der Waals surface area contributed by atoms with Crippen molar-refractivity contribution in [3.05, 3.63) is 62.7 Å². The molecule has 0 aliphatic carbocycles. The molecule has 1 saturated heterocycles. The first-order valence-corrected chi connectivity index (χ1v) is 10.7. The Balaban J connectivity index is 1.79. The van der Waals surface area contributed by atoms with Gasteiger partial charge in [0.1, 0.15) is 0 Å². The van der Waals surface area contributed by atoms with Crippen LogP contribution in [0.4, 0.5) is 11.4 Å². The van der Waals surface area contributed by atoms with Crippen LogP contribution in [0.15, 0.2) is 47.1 Å². The first-order valence-electron chi connectivity index (χ1n) is 8.73. The van der Waals surface area contributed by atoms with Gasteiger partial charge in [0.2, 0.25) is 0 Å². The highest BCUT2D eigenvalue weighted by atomic mass is 79.9. The SMILES string of the molecule is CN1CCN(c2c(Br)cnc3c(NC(=O)c4c(Cl)cccc4Cl)cccc23)C1=S. The number of nitrogens with zero attached hydrogens (tertiary/aromatic N) is 3. The molecule has 1 aliphatic rings. The number of carbonyl (C=O) groups excluding carboxylic acids is 1. The van der Waals surface area contributed by atoms with E-state index in [1.807, 2.05) is 24.1 Å². The standard InChI is InChI=1S/C20H15BrCl2N4OS/c1-26-8-9-27(20(26)29)18-11-4-2-7-15(17(11)24-10-12(18)21)25-19(28)16-13(22)5-3-6-14(16)23/h2-7,10H,8-9H2,1H3,(H,25,28). The molecule has 0 spiro atoms. The van der Waals surface area contributed by atoms with Gasteiger partial charge in [-0.1, -0.05) is 41.4 Å². The summed E-state index contributed by atoms with van der Waals surface area (Å²) in [7, 11) is 1.97. The molecule has 4 rings (SSSR count). The molecule has 148 valence electrons. The average molecular weight is 510 g/mol. The summed E-state index contributed by atoms with van der Waals surface area (Å²) in [4.78, 5) is 21.5. The van der Waals surface area contributed by atoms with Crippen LogP contribution in [0.3, 0.4) is 0 Å². The summed E-state index contributed by atoms with van der Waals surface area (Å²) in [5, 5.41) is 5.09. The van der Waals surface area contributed by atoms with Gasteiger partial charge in [0, 0.05) is 31.7 Å². The zero-order chi connectivity index (χ0) is 20.7. The van der Waals surface area contributed by atoms with Crippen molar-refractivity contribution in [2.24, 2.45) is 0 Å². The monoisotopic (exact) mass is 508 g/mol. The molecule has 1 aliphatic heterocycles. The zero-order valence-electron chi connectivity index (χ0n) is 15.2. The van der Waals surface area contributed by atoms with Crippen LogP contribution in [0.5, 0.6) is 0 Å². The Morgan fingerprint density at radius 2 is 1.86 bits per heavy atom. The number of nitrogens with one attached hydrogen (secondary N) is 1. The second-order valence-corrected chi connectivity index (χ2v) is 8.60. The molecule has 0 saturated carbocycles. The van der Waals surface area contributed by atoms with E-state index in [9.17, 15) is 4.79 Å². The van der Waals surface area contributed by atoms with Crippen molar-refractivity contribution >= 4 is 84.6 Å². The van der Waals surface area contributed by atoms with Crippen LogP contribution in [0.25, 0.3) is 10.9 Å². The molecule has 0 bridgehead atoms. The van der Waals surface area contributed by atoms with Gasteiger partial charge in [-0.3, -0.25) is 9.78 Å². The van der Waals surface area contributed by atoms with Crippen LogP contribution >= 0.6 is 51.3 Å². The van der Waals surface area contributed by atoms with Crippen LogP contribution in [0, 0.1) is 0 Å². The number of likely N-dealkylation sites (N-methyl/N-ethyl adjacent to an activating group) is 1. The number of anilines is 2. The van der Waals surface area contributed by atoms with Crippen molar-refractivity contribution in [3.8, 4) is 0 Å². The molecule has 0 unspecified atom stereocenters. The third kappa shape index (κ3) is 3.68. The van der Waals surface area contributed by atoms with Crippen LogP contribution in [-0.2, 0) is 0 Å². The van der Waals surface area contributed by atoms with E-state index in [-0.39, 0.29) is 15.6 Å². The van der Waals surface area contributed by atoms with Crippen molar-refractivity contribution in [2.75, 3.05) is 30.4 Å². The van der Waals surface area contributed by atoms with Gasteiger partial charge in [-0.2, -0.15) is 0 Å². The summed E-state index contributed by atoms with van der Waals surface area (Å²) in [6, 6.07) is 10.6. The number of rotatable bonds is 3. The molecule has 2 aromatic carbocycles. The third-order valence-electron chi connectivity index (χ3n) is 4.75. The molecular weight excluding hydrogens is 495 g/mol. The number of para-hydroxylation sites is 1. The summed E-state index contributed by atoms with van der Waals surface area (Å²) in [5.74, 6) is -0.393. The Hall–Kier alpha value is -1.93. The number of aromatic nitrogens is 1. The van der Waals surface area contributed by atoms with Crippen LogP contribution in [-0.4, -0.2) is 41.0 Å². The number of carbonyl (C=O) groups is 1. The molecule has 1 N–H and O–H groups in total. The molecule has 0 radical (unpaired) electrons. The Labute approximate surface area is 191 Å². The molecule has 1 fully saturated rings. The van der Waals surface area contributed by atoms with E-state index >= 15 is 0 Å². The van der Waals surface area contributed by atoms with E-state index in [2.05, 4.69) is 31.1 Å². The zero-order valence-corrected chi connectivity index (χ0v) is 19.2. The fraction of sp³-hybridized carbons (Fsp3) is 0.150. The number of hydrogen-bond acceptors (Lipinski definition) is 3. The van der Waals surface area contributed by atoms with Gasteiger partial charge in [-0.05, 0) is 46.3 Å².